The maximum Gasteiger partial charge on any atom is 0.287 e. The first kappa shape index (κ1) is 15.8. The van der Waals surface area contributed by atoms with E-state index >= 15 is 0 Å². The number of nitrogens with one attached hydrogen (secondary N) is 2. The van der Waals surface area contributed by atoms with Crippen molar-refractivity contribution in [1.82, 2.24) is 10.6 Å². The molecule has 0 bridgehead atoms. The zero-order valence-electron chi connectivity index (χ0n) is 10.9. The highest BCUT2D eigenvalue weighted by Crippen LogP contribution is 2.13. The lowest BCUT2D eigenvalue weighted by molar-refractivity contribution is 0.0909. The van der Waals surface area contributed by atoms with Crippen LogP contribution in [-0.4, -0.2) is 24.9 Å². The summed E-state index contributed by atoms with van der Waals surface area (Å²) < 4.78 is 6.53. The molecule has 0 atom stereocenters. The number of benzene rings is 1. The lowest BCUT2D eigenvalue weighted by Crippen LogP contribution is -2.34. The molecule has 1 aromatic heterocycles. The van der Waals surface area contributed by atoms with Crippen molar-refractivity contribution in [1.29, 1.82) is 0 Å². The number of halogens is 2. The van der Waals surface area contributed by atoms with E-state index in [1.54, 1.807) is 36.4 Å². The normalized spacial score (nSPS) is 10.2. The fraction of sp³-hybridized carbons (Fsp3) is 0.143. The smallest absolute Gasteiger partial charge is 0.287 e. The molecule has 2 aromatic rings. The highest BCUT2D eigenvalue weighted by atomic mass is 79.9. The van der Waals surface area contributed by atoms with Crippen LogP contribution >= 0.6 is 31.9 Å². The van der Waals surface area contributed by atoms with Crippen molar-refractivity contribution >= 4 is 43.7 Å². The zero-order chi connectivity index (χ0) is 15.2. The number of rotatable bonds is 5. The minimum absolute atomic E-state index is 0.183. The van der Waals surface area contributed by atoms with Crippen molar-refractivity contribution in [3.8, 4) is 0 Å². The minimum Gasteiger partial charge on any atom is -0.444 e. The first-order valence-electron chi connectivity index (χ1n) is 6.13. The average molecular weight is 416 g/mol. The van der Waals surface area contributed by atoms with Crippen LogP contribution in [0.25, 0.3) is 0 Å². The van der Waals surface area contributed by atoms with Gasteiger partial charge in [0.25, 0.3) is 11.8 Å². The van der Waals surface area contributed by atoms with Crippen molar-refractivity contribution in [2.45, 2.75) is 0 Å². The number of carbonyl (C=O) groups excluding carboxylic acids is 2. The predicted octanol–water partition coefficient (Wildman–Crippen LogP) is 2.96. The van der Waals surface area contributed by atoms with Gasteiger partial charge in [-0.25, -0.2) is 0 Å². The summed E-state index contributed by atoms with van der Waals surface area (Å²) in [4.78, 5) is 23.5. The molecule has 0 aliphatic rings. The fourth-order valence-electron chi connectivity index (χ4n) is 1.58. The summed E-state index contributed by atoms with van der Waals surface area (Å²) >= 11 is 6.43. The second-order valence-electron chi connectivity index (χ2n) is 4.12. The van der Waals surface area contributed by atoms with Crippen LogP contribution in [-0.2, 0) is 0 Å². The molecule has 0 radical (unpaired) electrons. The summed E-state index contributed by atoms with van der Waals surface area (Å²) in [6.07, 6.45) is 0. The first-order valence-corrected chi connectivity index (χ1v) is 7.72. The van der Waals surface area contributed by atoms with E-state index in [9.17, 15) is 9.59 Å². The van der Waals surface area contributed by atoms with Crippen LogP contribution in [0.1, 0.15) is 20.9 Å². The van der Waals surface area contributed by atoms with E-state index in [1.165, 1.54) is 0 Å². The summed E-state index contributed by atoms with van der Waals surface area (Å²) in [6, 6.07) is 10.2. The number of amides is 2. The molecule has 1 aromatic carbocycles. The topological polar surface area (TPSA) is 71.3 Å². The van der Waals surface area contributed by atoms with E-state index in [4.69, 9.17) is 4.42 Å². The van der Waals surface area contributed by atoms with Gasteiger partial charge < -0.3 is 15.1 Å². The molecule has 0 unspecified atom stereocenters. The lowest BCUT2D eigenvalue weighted by Gasteiger charge is -2.06. The number of hydrogen-bond donors (Lipinski definition) is 2. The Morgan fingerprint density at radius 3 is 2.10 bits per heavy atom. The molecule has 0 saturated carbocycles. The van der Waals surface area contributed by atoms with Gasteiger partial charge in [0.05, 0.1) is 0 Å². The van der Waals surface area contributed by atoms with E-state index in [-0.39, 0.29) is 17.6 Å². The Bertz CT molecular complexity index is 638. The maximum absolute atomic E-state index is 11.8. The monoisotopic (exact) mass is 414 g/mol. The summed E-state index contributed by atoms with van der Waals surface area (Å²) in [5.41, 5.74) is 0.569. The number of hydrogen-bond acceptors (Lipinski definition) is 3. The zero-order valence-corrected chi connectivity index (χ0v) is 14.0. The van der Waals surface area contributed by atoms with E-state index in [0.29, 0.717) is 23.3 Å². The Balaban J connectivity index is 1.73. The van der Waals surface area contributed by atoms with Gasteiger partial charge in [0.15, 0.2) is 10.4 Å². The summed E-state index contributed by atoms with van der Waals surface area (Å²) in [6.45, 7) is 0.655. The Labute approximate surface area is 138 Å². The summed E-state index contributed by atoms with van der Waals surface area (Å²) in [5.74, 6) is -0.280. The molecule has 0 fully saturated rings. The van der Waals surface area contributed by atoms with Crippen LogP contribution in [0.5, 0.6) is 0 Å². The molecular weight excluding hydrogens is 404 g/mol. The lowest BCUT2D eigenvalue weighted by atomic mass is 10.2. The quantitative estimate of drug-likeness (QED) is 0.737. The van der Waals surface area contributed by atoms with Crippen LogP contribution in [0.4, 0.5) is 0 Å². The van der Waals surface area contributed by atoms with Crippen molar-refractivity contribution in [3.63, 3.8) is 0 Å². The molecule has 0 spiro atoms. The van der Waals surface area contributed by atoms with Gasteiger partial charge >= 0.3 is 0 Å². The largest absolute Gasteiger partial charge is 0.444 e. The van der Waals surface area contributed by atoms with Crippen molar-refractivity contribution in [3.05, 3.63) is 56.9 Å². The van der Waals surface area contributed by atoms with Crippen LogP contribution < -0.4 is 10.6 Å². The third kappa shape index (κ3) is 4.71. The molecule has 110 valence electrons. The van der Waals surface area contributed by atoms with Crippen LogP contribution in [0.3, 0.4) is 0 Å². The number of furan rings is 1. The molecule has 2 amide bonds. The predicted molar refractivity (Wildman–Crippen MR) is 85.2 cm³/mol. The Kier molecular flexibility index (Phi) is 5.58. The van der Waals surface area contributed by atoms with Gasteiger partial charge in [-0.2, -0.15) is 0 Å². The molecule has 2 rings (SSSR count). The highest BCUT2D eigenvalue weighted by molar-refractivity contribution is 9.10. The molecule has 2 N–H and O–H groups in total. The Hall–Kier alpha value is -1.60. The second-order valence-corrected chi connectivity index (χ2v) is 5.82. The minimum atomic E-state index is -0.321. The molecule has 21 heavy (non-hydrogen) atoms. The van der Waals surface area contributed by atoms with Gasteiger partial charge in [-0.15, -0.1) is 0 Å². The van der Waals surface area contributed by atoms with Gasteiger partial charge in [0.1, 0.15) is 0 Å². The van der Waals surface area contributed by atoms with E-state index in [1.807, 2.05) is 0 Å². The highest BCUT2D eigenvalue weighted by Gasteiger charge is 2.10. The second kappa shape index (κ2) is 7.42. The van der Waals surface area contributed by atoms with Gasteiger partial charge in [-0.1, -0.05) is 15.9 Å². The molecule has 1 heterocycles. The van der Waals surface area contributed by atoms with Crippen LogP contribution in [0.15, 0.2) is 50.0 Å². The standard InChI is InChI=1S/C14H12Br2N2O3/c15-10-3-1-9(2-4-10)13(19)17-7-8-18-14(20)11-5-6-12(16)21-11/h1-6H,7-8H2,(H,17,19)(H,18,20). The fourth-order valence-corrected chi connectivity index (χ4v) is 2.15. The first-order chi connectivity index (χ1) is 10.1. The van der Waals surface area contributed by atoms with Crippen molar-refractivity contribution < 1.29 is 14.0 Å². The third-order valence-corrected chi connectivity index (χ3v) is 3.55. The summed E-state index contributed by atoms with van der Waals surface area (Å²) in [7, 11) is 0. The van der Waals surface area contributed by atoms with E-state index < -0.39 is 0 Å². The van der Waals surface area contributed by atoms with Crippen molar-refractivity contribution in [2.75, 3.05) is 13.1 Å². The van der Waals surface area contributed by atoms with E-state index in [2.05, 4.69) is 42.5 Å². The molecular formula is C14H12Br2N2O3. The van der Waals surface area contributed by atoms with E-state index in [0.717, 1.165) is 4.47 Å². The maximum atomic E-state index is 11.8. The summed E-state index contributed by atoms with van der Waals surface area (Å²) in [5, 5.41) is 5.37. The molecule has 0 aliphatic heterocycles. The third-order valence-electron chi connectivity index (χ3n) is 2.60. The van der Waals surface area contributed by atoms with Crippen LogP contribution in [0, 0.1) is 0 Å². The average Bonchev–Trinajstić information content (AvgIpc) is 2.90. The van der Waals surface area contributed by atoms with Gasteiger partial charge in [-0.05, 0) is 52.3 Å². The van der Waals surface area contributed by atoms with Crippen molar-refractivity contribution in [2.24, 2.45) is 0 Å². The SMILES string of the molecule is O=C(NCCNC(=O)c1ccc(Br)o1)c1ccc(Br)cc1. The Morgan fingerprint density at radius 1 is 0.905 bits per heavy atom. The van der Waals surface area contributed by atoms with Gasteiger partial charge in [0.2, 0.25) is 0 Å². The number of carbonyl (C=O) groups is 2. The van der Waals surface area contributed by atoms with Gasteiger partial charge in [0, 0.05) is 23.1 Å². The molecule has 5 nitrogen and oxygen atoms in total. The molecule has 7 heteroatoms. The van der Waals surface area contributed by atoms with Gasteiger partial charge in [-0.3, -0.25) is 9.59 Å². The molecule has 0 saturated heterocycles. The molecule has 0 aliphatic carbocycles. The Morgan fingerprint density at radius 2 is 1.52 bits per heavy atom. The van der Waals surface area contributed by atoms with Crippen LogP contribution in [0.2, 0.25) is 0 Å².